The third-order valence-corrected chi connectivity index (χ3v) is 9.84. The van der Waals surface area contributed by atoms with Gasteiger partial charge in [-0.3, -0.25) is 19.5 Å². The number of amides is 2. The molecule has 0 aliphatic carbocycles. The lowest BCUT2D eigenvalue weighted by Crippen LogP contribution is -2.37. The zero-order valence-electron chi connectivity index (χ0n) is 29.2. The van der Waals surface area contributed by atoms with E-state index in [0.29, 0.717) is 52.0 Å². The second-order valence-corrected chi connectivity index (χ2v) is 12.9. The Bertz CT molecular complexity index is 2230. The van der Waals surface area contributed by atoms with Gasteiger partial charge in [-0.25, -0.2) is 0 Å². The van der Waals surface area contributed by atoms with E-state index in [1.165, 1.54) is 0 Å². The van der Waals surface area contributed by atoms with Crippen molar-refractivity contribution in [2.45, 2.75) is 32.1 Å². The van der Waals surface area contributed by atoms with Crippen molar-refractivity contribution < 1.29 is 28.5 Å². The van der Waals surface area contributed by atoms with E-state index < -0.39 is 0 Å². The fourth-order valence-electron chi connectivity index (χ4n) is 7.23. The highest BCUT2D eigenvalue weighted by atomic mass is 16.5. The predicted octanol–water partition coefficient (Wildman–Crippen LogP) is 7.39. The molecular formula is C42H38N4O6. The summed E-state index contributed by atoms with van der Waals surface area (Å²) < 4.78 is 23.9. The van der Waals surface area contributed by atoms with E-state index in [2.05, 4.69) is 17.4 Å². The molecule has 0 spiro atoms. The smallest absolute Gasteiger partial charge is 0.261 e. The molecule has 3 aliphatic rings. The number of rotatable bonds is 10. The Morgan fingerprint density at radius 3 is 2.19 bits per heavy atom. The largest absolute Gasteiger partial charge is 0.493 e. The summed E-state index contributed by atoms with van der Waals surface area (Å²) in [5, 5.41) is 3.16. The highest BCUT2D eigenvalue weighted by Gasteiger charge is 2.36. The molecule has 1 unspecified atom stereocenters. The lowest BCUT2D eigenvalue weighted by molar-refractivity contribution is 0.0980. The molecule has 0 saturated heterocycles. The number of nitrogens with one attached hydrogen (secondary N) is 1. The normalized spacial score (nSPS) is 15.3. The average Bonchev–Trinajstić information content (AvgIpc) is 3.76. The van der Waals surface area contributed by atoms with Gasteiger partial charge in [-0.1, -0.05) is 54.6 Å². The van der Waals surface area contributed by atoms with Crippen LogP contribution >= 0.6 is 0 Å². The van der Waals surface area contributed by atoms with Gasteiger partial charge >= 0.3 is 0 Å². The first-order valence-corrected chi connectivity index (χ1v) is 17.3. The molecule has 0 bridgehead atoms. The fraction of sp³-hybridized carbons (Fsp3) is 0.214. The second-order valence-electron chi connectivity index (χ2n) is 12.9. The van der Waals surface area contributed by atoms with Gasteiger partial charge in [0.15, 0.2) is 23.0 Å². The van der Waals surface area contributed by atoms with E-state index in [-0.39, 0.29) is 31.1 Å². The van der Waals surface area contributed by atoms with E-state index in [0.717, 1.165) is 46.5 Å². The highest BCUT2D eigenvalue weighted by Crippen LogP contribution is 2.41. The summed E-state index contributed by atoms with van der Waals surface area (Å²) in [5.41, 5.74) is 8.16. The molecular weight excluding hydrogens is 656 g/mol. The van der Waals surface area contributed by atoms with Gasteiger partial charge in [0.05, 0.1) is 42.8 Å². The lowest BCUT2D eigenvalue weighted by Gasteiger charge is -2.22. The Labute approximate surface area is 302 Å². The van der Waals surface area contributed by atoms with E-state index in [1.807, 2.05) is 82.7 Å². The monoisotopic (exact) mass is 694 g/mol. The van der Waals surface area contributed by atoms with Crippen molar-refractivity contribution in [3.63, 3.8) is 0 Å². The first-order chi connectivity index (χ1) is 25.4. The molecule has 10 heteroatoms. The number of aliphatic imine (C=N–C) groups is 1. The van der Waals surface area contributed by atoms with Crippen molar-refractivity contribution in [3.8, 4) is 23.0 Å². The summed E-state index contributed by atoms with van der Waals surface area (Å²) in [7, 11) is 4.92. The number of ether oxygens (including phenoxy) is 4. The number of carbonyl (C=O) groups is 2. The zero-order valence-corrected chi connectivity index (χ0v) is 29.2. The number of anilines is 3. The number of para-hydroxylation sites is 2. The van der Waals surface area contributed by atoms with Crippen molar-refractivity contribution in [2.24, 2.45) is 4.99 Å². The molecule has 1 N–H and O–H groups in total. The minimum Gasteiger partial charge on any atom is -0.493 e. The third-order valence-electron chi connectivity index (χ3n) is 9.84. The molecule has 0 saturated carbocycles. The number of benzene rings is 5. The van der Waals surface area contributed by atoms with Gasteiger partial charge in [0.2, 0.25) is 0 Å². The summed E-state index contributed by atoms with van der Waals surface area (Å²) in [5.74, 6) is 1.72. The van der Waals surface area contributed by atoms with Crippen LogP contribution < -0.4 is 34.1 Å². The van der Waals surface area contributed by atoms with E-state index in [4.69, 9.17) is 23.9 Å². The molecule has 5 aromatic carbocycles. The van der Waals surface area contributed by atoms with Gasteiger partial charge in [-0.15, -0.1) is 0 Å². The van der Waals surface area contributed by atoms with Gasteiger partial charge in [-0.2, -0.15) is 0 Å². The maximum atomic E-state index is 13.8. The molecule has 1 atom stereocenters. The number of hydrogen-bond donors (Lipinski definition) is 1. The van der Waals surface area contributed by atoms with Gasteiger partial charge in [0.1, 0.15) is 13.2 Å². The number of fused-ring (bicyclic) bond motifs is 5. The number of methoxy groups -OCH3 is 2. The topological polar surface area (TPSA) is 102 Å². The summed E-state index contributed by atoms with van der Waals surface area (Å²) in [4.78, 5) is 35.8. The Hall–Kier alpha value is -6.29. The maximum absolute atomic E-state index is 13.8. The van der Waals surface area contributed by atoms with Gasteiger partial charge in [0.25, 0.3) is 11.8 Å². The molecule has 2 amide bonds. The highest BCUT2D eigenvalue weighted by molar-refractivity contribution is 6.15. The van der Waals surface area contributed by atoms with Crippen LogP contribution in [0.2, 0.25) is 0 Å². The molecule has 0 fully saturated rings. The first-order valence-electron chi connectivity index (χ1n) is 17.3. The summed E-state index contributed by atoms with van der Waals surface area (Å²) in [6, 6.07) is 30.8. The van der Waals surface area contributed by atoms with Crippen LogP contribution in [-0.4, -0.2) is 51.9 Å². The Balaban J connectivity index is 0.966. The number of hydrogen-bond acceptors (Lipinski definition) is 8. The minimum atomic E-state index is -0.143. The van der Waals surface area contributed by atoms with E-state index in [9.17, 15) is 9.59 Å². The van der Waals surface area contributed by atoms with Gasteiger partial charge in [0, 0.05) is 49.7 Å². The maximum Gasteiger partial charge on any atom is 0.261 e. The quantitative estimate of drug-likeness (QED) is 0.163. The van der Waals surface area contributed by atoms with Crippen molar-refractivity contribution in [1.82, 2.24) is 0 Å². The van der Waals surface area contributed by atoms with Crippen LogP contribution in [0.3, 0.4) is 0 Å². The van der Waals surface area contributed by atoms with Crippen LogP contribution in [0, 0.1) is 0 Å². The third kappa shape index (κ3) is 5.96. The molecule has 10 nitrogen and oxygen atoms in total. The average molecular weight is 695 g/mol. The van der Waals surface area contributed by atoms with Crippen LogP contribution in [0.1, 0.15) is 43.0 Å². The summed E-state index contributed by atoms with van der Waals surface area (Å²) >= 11 is 0. The standard InChI is InChI=1S/C42H38N4O6/c1-43-33-21-39(37(49-2)19-31(33)41(47)45-16-15-28-11-4-6-13-35(28)45)51-24-26-9-8-10-27(17-26)25-52-40-22-34-32(20-38(40)50-3)42(48)46-30(23-44-34)18-29-12-5-7-14-36(29)46/h4-14,17,19-23,30,43H,15-16,18,24-25H2,1-3H3. The van der Waals surface area contributed by atoms with Crippen molar-refractivity contribution in [1.29, 1.82) is 0 Å². The fourth-order valence-corrected chi connectivity index (χ4v) is 7.23. The molecule has 262 valence electrons. The van der Waals surface area contributed by atoms with Crippen LogP contribution in [0.25, 0.3) is 0 Å². The molecule has 3 aliphatic heterocycles. The summed E-state index contributed by atoms with van der Waals surface area (Å²) in [6.07, 6.45) is 3.39. The second kappa shape index (κ2) is 13.8. The SMILES string of the molecule is CNc1cc(OCc2cccc(COc3cc4c(cc3OC)C(=O)N3c5ccccc5CC3C=N4)c2)c(OC)cc1C(=O)N1CCc2ccccc21. The zero-order chi connectivity index (χ0) is 35.8. The molecule has 3 heterocycles. The lowest BCUT2D eigenvalue weighted by atomic mass is 10.1. The van der Waals surface area contributed by atoms with Crippen LogP contribution in [0.4, 0.5) is 22.7 Å². The van der Waals surface area contributed by atoms with Crippen LogP contribution in [0.5, 0.6) is 23.0 Å². The van der Waals surface area contributed by atoms with Crippen molar-refractivity contribution in [2.75, 3.05) is 42.9 Å². The molecule has 5 aromatic rings. The molecule has 0 radical (unpaired) electrons. The molecule has 52 heavy (non-hydrogen) atoms. The van der Waals surface area contributed by atoms with Crippen LogP contribution in [0.15, 0.2) is 102 Å². The van der Waals surface area contributed by atoms with Crippen molar-refractivity contribution >= 4 is 40.8 Å². The molecule has 0 aromatic heterocycles. The first kappa shape index (κ1) is 32.9. The Kier molecular flexibility index (Phi) is 8.72. The van der Waals surface area contributed by atoms with Gasteiger partial charge in [-0.05, 0) is 59.0 Å². The Morgan fingerprint density at radius 2 is 1.46 bits per heavy atom. The summed E-state index contributed by atoms with van der Waals surface area (Å²) in [6.45, 7) is 1.15. The number of carbonyl (C=O) groups excluding carboxylic acids is 2. The number of nitrogens with zero attached hydrogens (tertiary/aromatic N) is 3. The van der Waals surface area contributed by atoms with Crippen LogP contribution in [-0.2, 0) is 26.1 Å². The Morgan fingerprint density at radius 1 is 0.788 bits per heavy atom. The molecule has 8 rings (SSSR count). The predicted molar refractivity (Wildman–Crippen MR) is 201 cm³/mol. The van der Waals surface area contributed by atoms with E-state index >= 15 is 0 Å². The van der Waals surface area contributed by atoms with E-state index in [1.54, 1.807) is 39.5 Å². The van der Waals surface area contributed by atoms with Crippen molar-refractivity contribution in [3.05, 3.63) is 130 Å². The van der Waals surface area contributed by atoms with Gasteiger partial charge < -0.3 is 29.2 Å². The minimum absolute atomic E-state index is 0.0949.